The Labute approximate surface area is 111 Å². The number of rotatable bonds is 3. The molecular formula is C15H16FNO2. The largest absolute Gasteiger partial charge is 0.458 e. The van der Waals surface area contributed by atoms with E-state index >= 15 is 0 Å². The molecule has 0 aromatic carbocycles. The number of ether oxygens (including phenoxy) is 1. The summed E-state index contributed by atoms with van der Waals surface area (Å²) in [6.07, 6.45) is 7.29. The minimum atomic E-state index is -0.531. The predicted molar refractivity (Wildman–Crippen MR) is 71.1 cm³/mol. The molecule has 1 aliphatic rings. The standard InChI is InChI=1S/C15H16FNO2/c1-10(2)19-15(18)13-9-8-12(16)14(17-13)11-6-4-3-5-7-11/h4,6-10H,3,5H2,1-2H3. The second kappa shape index (κ2) is 5.78. The molecule has 4 heteroatoms. The summed E-state index contributed by atoms with van der Waals surface area (Å²) in [7, 11) is 0. The Bertz CT molecular complexity index is 547. The fourth-order valence-corrected chi connectivity index (χ4v) is 1.82. The van der Waals surface area contributed by atoms with Crippen molar-refractivity contribution in [2.75, 3.05) is 0 Å². The van der Waals surface area contributed by atoms with Crippen LogP contribution in [0.25, 0.3) is 5.57 Å². The number of carbonyl (C=O) groups excluding carboxylic acids is 1. The zero-order valence-corrected chi connectivity index (χ0v) is 11.0. The molecule has 2 rings (SSSR count). The number of pyridine rings is 1. The van der Waals surface area contributed by atoms with Crippen molar-refractivity contribution in [1.29, 1.82) is 0 Å². The SMILES string of the molecule is CC(C)OC(=O)c1ccc(F)c(C2=CCCC=C2)n1. The first-order valence-corrected chi connectivity index (χ1v) is 6.32. The molecule has 0 N–H and O–H groups in total. The number of nitrogens with zero attached hydrogens (tertiary/aromatic N) is 1. The lowest BCUT2D eigenvalue weighted by Gasteiger charge is -2.10. The minimum Gasteiger partial charge on any atom is -0.458 e. The molecule has 0 aliphatic heterocycles. The molecule has 0 saturated carbocycles. The van der Waals surface area contributed by atoms with Gasteiger partial charge >= 0.3 is 5.97 Å². The van der Waals surface area contributed by atoms with Crippen LogP contribution in [0, 0.1) is 5.82 Å². The Kier molecular flexibility index (Phi) is 4.10. The van der Waals surface area contributed by atoms with Gasteiger partial charge in [0, 0.05) is 0 Å². The van der Waals surface area contributed by atoms with Gasteiger partial charge in [0.25, 0.3) is 0 Å². The van der Waals surface area contributed by atoms with Crippen LogP contribution in [0.1, 0.15) is 42.9 Å². The van der Waals surface area contributed by atoms with Crippen LogP contribution in [-0.2, 0) is 4.74 Å². The van der Waals surface area contributed by atoms with Crippen molar-refractivity contribution in [1.82, 2.24) is 4.98 Å². The second-order valence-corrected chi connectivity index (χ2v) is 4.62. The lowest BCUT2D eigenvalue weighted by molar-refractivity contribution is 0.0370. The molecule has 1 aliphatic carbocycles. The predicted octanol–water partition coefficient (Wildman–Crippen LogP) is 3.52. The summed E-state index contributed by atoms with van der Waals surface area (Å²) in [5.74, 6) is -0.962. The Morgan fingerprint density at radius 2 is 2.16 bits per heavy atom. The summed E-state index contributed by atoms with van der Waals surface area (Å²) in [6, 6.07) is 2.60. The third-order valence-corrected chi connectivity index (χ3v) is 2.67. The van der Waals surface area contributed by atoms with Crippen molar-refractivity contribution in [3.63, 3.8) is 0 Å². The van der Waals surface area contributed by atoms with Gasteiger partial charge in [-0.05, 0) is 44.4 Å². The average Bonchev–Trinajstić information content (AvgIpc) is 2.39. The van der Waals surface area contributed by atoms with E-state index in [9.17, 15) is 9.18 Å². The molecule has 0 bridgehead atoms. The molecule has 0 atom stereocenters. The van der Waals surface area contributed by atoms with Crippen LogP contribution in [0.2, 0.25) is 0 Å². The van der Waals surface area contributed by atoms with Crippen molar-refractivity contribution >= 4 is 11.5 Å². The van der Waals surface area contributed by atoms with Gasteiger partial charge in [-0.15, -0.1) is 0 Å². The second-order valence-electron chi connectivity index (χ2n) is 4.62. The van der Waals surface area contributed by atoms with E-state index in [2.05, 4.69) is 4.98 Å². The van der Waals surface area contributed by atoms with E-state index in [1.807, 2.05) is 18.2 Å². The quantitative estimate of drug-likeness (QED) is 0.781. The molecule has 1 aromatic rings. The maximum Gasteiger partial charge on any atom is 0.357 e. The maximum atomic E-state index is 13.8. The van der Waals surface area contributed by atoms with E-state index in [-0.39, 0.29) is 17.5 Å². The van der Waals surface area contributed by atoms with Crippen molar-refractivity contribution in [2.24, 2.45) is 0 Å². The lowest BCUT2D eigenvalue weighted by Crippen LogP contribution is -2.14. The van der Waals surface area contributed by atoms with Gasteiger partial charge < -0.3 is 4.74 Å². The van der Waals surface area contributed by atoms with Gasteiger partial charge in [0.1, 0.15) is 17.2 Å². The third kappa shape index (κ3) is 3.28. The van der Waals surface area contributed by atoms with Crippen molar-refractivity contribution in [2.45, 2.75) is 32.8 Å². The highest BCUT2D eigenvalue weighted by Crippen LogP contribution is 2.22. The van der Waals surface area contributed by atoms with Crippen molar-refractivity contribution < 1.29 is 13.9 Å². The Morgan fingerprint density at radius 3 is 2.79 bits per heavy atom. The van der Waals surface area contributed by atoms with Crippen LogP contribution >= 0.6 is 0 Å². The summed E-state index contributed by atoms with van der Waals surface area (Å²) >= 11 is 0. The van der Waals surface area contributed by atoms with E-state index in [0.717, 1.165) is 12.8 Å². The molecule has 0 spiro atoms. The molecular weight excluding hydrogens is 245 g/mol. The van der Waals surface area contributed by atoms with E-state index < -0.39 is 11.8 Å². The van der Waals surface area contributed by atoms with Crippen molar-refractivity contribution in [3.8, 4) is 0 Å². The van der Waals surface area contributed by atoms with Gasteiger partial charge in [0.2, 0.25) is 0 Å². The summed E-state index contributed by atoms with van der Waals surface area (Å²) in [5.41, 5.74) is 1.04. The minimum absolute atomic E-state index is 0.130. The van der Waals surface area contributed by atoms with E-state index in [0.29, 0.717) is 5.57 Å². The summed E-state index contributed by atoms with van der Waals surface area (Å²) < 4.78 is 18.8. The number of allylic oxidation sites excluding steroid dienone is 4. The van der Waals surface area contributed by atoms with E-state index in [1.165, 1.54) is 12.1 Å². The Balaban J connectivity index is 2.32. The van der Waals surface area contributed by atoms with E-state index in [4.69, 9.17) is 4.74 Å². The smallest absolute Gasteiger partial charge is 0.357 e. The van der Waals surface area contributed by atoms with E-state index in [1.54, 1.807) is 13.8 Å². The number of hydrogen-bond donors (Lipinski definition) is 0. The Hall–Kier alpha value is -1.97. The number of halogens is 1. The first kappa shape index (κ1) is 13.5. The number of carbonyl (C=O) groups is 1. The van der Waals surface area contributed by atoms with Crippen LogP contribution in [0.4, 0.5) is 4.39 Å². The van der Waals surface area contributed by atoms with Crippen LogP contribution < -0.4 is 0 Å². The van der Waals surface area contributed by atoms with Gasteiger partial charge in [-0.2, -0.15) is 0 Å². The number of aromatic nitrogens is 1. The van der Waals surface area contributed by atoms with Crippen LogP contribution in [-0.4, -0.2) is 17.1 Å². The molecule has 0 radical (unpaired) electrons. The lowest BCUT2D eigenvalue weighted by atomic mass is 10.0. The highest BCUT2D eigenvalue weighted by molar-refractivity contribution is 5.88. The van der Waals surface area contributed by atoms with Crippen LogP contribution in [0.5, 0.6) is 0 Å². The first-order chi connectivity index (χ1) is 9.08. The molecule has 0 amide bonds. The molecule has 0 fully saturated rings. The monoisotopic (exact) mass is 261 g/mol. The molecule has 1 heterocycles. The normalized spacial score (nSPS) is 14.4. The number of esters is 1. The third-order valence-electron chi connectivity index (χ3n) is 2.67. The van der Waals surface area contributed by atoms with Gasteiger partial charge in [0.05, 0.1) is 6.10 Å². The van der Waals surface area contributed by atoms with Gasteiger partial charge in [-0.1, -0.05) is 18.2 Å². The van der Waals surface area contributed by atoms with Crippen LogP contribution in [0.15, 0.2) is 30.4 Å². The fraction of sp³-hybridized carbons (Fsp3) is 0.333. The summed E-state index contributed by atoms with van der Waals surface area (Å²) in [4.78, 5) is 15.8. The maximum absolute atomic E-state index is 13.8. The number of hydrogen-bond acceptors (Lipinski definition) is 3. The summed E-state index contributed by atoms with van der Waals surface area (Å²) in [5, 5.41) is 0. The highest BCUT2D eigenvalue weighted by atomic mass is 19.1. The first-order valence-electron chi connectivity index (χ1n) is 6.32. The zero-order chi connectivity index (χ0) is 13.8. The highest BCUT2D eigenvalue weighted by Gasteiger charge is 2.16. The average molecular weight is 261 g/mol. The molecule has 1 aromatic heterocycles. The Morgan fingerprint density at radius 1 is 1.37 bits per heavy atom. The van der Waals surface area contributed by atoms with Crippen LogP contribution in [0.3, 0.4) is 0 Å². The summed E-state index contributed by atoms with van der Waals surface area (Å²) in [6.45, 7) is 3.52. The van der Waals surface area contributed by atoms with Gasteiger partial charge in [-0.25, -0.2) is 14.2 Å². The molecule has 19 heavy (non-hydrogen) atoms. The molecule has 3 nitrogen and oxygen atoms in total. The molecule has 0 saturated heterocycles. The molecule has 0 unspecified atom stereocenters. The van der Waals surface area contributed by atoms with Gasteiger partial charge in [-0.3, -0.25) is 0 Å². The fourth-order valence-electron chi connectivity index (χ4n) is 1.82. The van der Waals surface area contributed by atoms with Gasteiger partial charge in [0.15, 0.2) is 0 Å². The van der Waals surface area contributed by atoms with Crippen molar-refractivity contribution in [3.05, 3.63) is 47.6 Å². The topological polar surface area (TPSA) is 39.2 Å². The zero-order valence-electron chi connectivity index (χ0n) is 11.0. The molecule has 100 valence electrons.